The molecule has 0 aliphatic carbocycles. The summed E-state index contributed by atoms with van der Waals surface area (Å²) >= 11 is 5.73. The predicted molar refractivity (Wildman–Crippen MR) is 82.0 cm³/mol. The molecule has 8 heteroatoms. The molecule has 1 aromatic heterocycles. The number of pyridine rings is 1. The fourth-order valence-electron chi connectivity index (χ4n) is 2.94. The minimum absolute atomic E-state index is 0.0983. The summed E-state index contributed by atoms with van der Waals surface area (Å²) in [5, 5.41) is 10.6. The molecule has 0 saturated carbocycles. The van der Waals surface area contributed by atoms with E-state index in [4.69, 9.17) is 11.6 Å². The molecular formula is C14H18ClN3O4. The summed E-state index contributed by atoms with van der Waals surface area (Å²) in [6.07, 6.45) is 3.96. The van der Waals surface area contributed by atoms with E-state index in [9.17, 15) is 19.7 Å². The van der Waals surface area contributed by atoms with Crippen molar-refractivity contribution >= 4 is 23.2 Å². The molecule has 120 valence electrons. The molecule has 0 N–H and O–H groups in total. The van der Waals surface area contributed by atoms with Crippen LogP contribution >= 0.6 is 11.6 Å². The third kappa shape index (κ3) is 3.30. The Bertz CT molecular complexity index is 648. The molecule has 0 radical (unpaired) electrons. The van der Waals surface area contributed by atoms with Gasteiger partial charge in [0.25, 0.3) is 11.2 Å². The Labute approximate surface area is 132 Å². The third-order valence-corrected chi connectivity index (χ3v) is 4.30. The number of carbonyl (C=O) groups is 1. The molecule has 2 atom stereocenters. The lowest BCUT2D eigenvalue weighted by atomic mass is 9.97. The highest BCUT2D eigenvalue weighted by molar-refractivity contribution is 6.30. The van der Waals surface area contributed by atoms with Crippen LogP contribution in [-0.4, -0.2) is 32.4 Å². The Morgan fingerprint density at radius 3 is 2.55 bits per heavy atom. The number of nitrogens with zero attached hydrogens (tertiary/aromatic N) is 3. The molecule has 2 heterocycles. The number of carbonyl (C=O) groups excluding carboxylic acids is 1. The highest BCUT2D eigenvalue weighted by atomic mass is 35.5. The lowest BCUT2D eigenvalue weighted by Crippen LogP contribution is -2.49. The van der Waals surface area contributed by atoms with Gasteiger partial charge in [0.1, 0.15) is 11.6 Å². The van der Waals surface area contributed by atoms with Crippen molar-refractivity contribution in [2.45, 2.75) is 51.7 Å². The Hall–Kier alpha value is -1.89. The van der Waals surface area contributed by atoms with Gasteiger partial charge in [-0.25, -0.2) is 0 Å². The maximum absolute atomic E-state index is 12.5. The van der Waals surface area contributed by atoms with Gasteiger partial charge in [0.15, 0.2) is 0 Å². The minimum Gasteiger partial charge on any atom is -0.336 e. The number of likely N-dealkylation sites (tertiary alicyclic amines) is 1. The SMILES string of the molecule is C[C@@H]1CCC[C@@H](C)N1C(=O)Cn1cc([N+](=O)[O-])cc(Cl)c1=O. The van der Waals surface area contributed by atoms with Crippen molar-refractivity contribution < 1.29 is 9.72 Å². The smallest absolute Gasteiger partial charge is 0.287 e. The quantitative estimate of drug-likeness (QED) is 0.629. The summed E-state index contributed by atoms with van der Waals surface area (Å²) in [4.78, 5) is 36.4. The van der Waals surface area contributed by atoms with E-state index < -0.39 is 10.5 Å². The standard InChI is InChI=1S/C14H18ClN3O4/c1-9-4-3-5-10(2)17(9)13(19)8-16-7-11(18(21)22)6-12(15)14(16)20/h6-7,9-10H,3-5,8H2,1-2H3/t9-,10-/m1/s1. The summed E-state index contributed by atoms with van der Waals surface area (Å²) < 4.78 is 1.01. The normalized spacial score (nSPS) is 21.7. The van der Waals surface area contributed by atoms with Gasteiger partial charge in [0, 0.05) is 18.2 Å². The first-order valence-corrected chi connectivity index (χ1v) is 7.54. The topological polar surface area (TPSA) is 85.4 Å². The second-order valence-corrected chi connectivity index (χ2v) is 6.07. The van der Waals surface area contributed by atoms with Crippen LogP contribution in [0.2, 0.25) is 5.02 Å². The van der Waals surface area contributed by atoms with Crippen LogP contribution in [0.1, 0.15) is 33.1 Å². The summed E-state index contributed by atoms with van der Waals surface area (Å²) in [5.74, 6) is -0.224. The maximum atomic E-state index is 12.5. The molecule has 1 fully saturated rings. The van der Waals surface area contributed by atoms with Crippen molar-refractivity contribution in [3.63, 3.8) is 0 Å². The molecule has 1 aliphatic rings. The number of hydrogen-bond acceptors (Lipinski definition) is 4. The van der Waals surface area contributed by atoms with E-state index in [-0.39, 0.29) is 35.2 Å². The van der Waals surface area contributed by atoms with Crippen molar-refractivity contribution in [3.05, 3.63) is 37.8 Å². The molecule has 0 unspecified atom stereocenters. The zero-order valence-electron chi connectivity index (χ0n) is 12.5. The second-order valence-electron chi connectivity index (χ2n) is 5.67. The van der Waals surface area contributed by atoms with E-state index >= 15 is 0 Å². The number of rotatable bonds is 3. The molecule has 1 amide bonds. The predicted octanol–water partition coefficient (Wildman–Crippen LogP) is 2.20. The first-order chi connectivity index (χ1) is 10.3. The van der Waals surface area contributed by atoms with Crippen LogP contribution in [0.15, 0.2) is 17.1 Å². The van der Waals surface area contributed by atoms with Crippen LogP contribution in [0.3, 0.4) is 0 Å². The number of halogens is 1. The van der Waals surface area contributed by atoms with Gasteiger partial charge in [0.05, 0.1) is 11.1 Å². The van der Waals surface area contributed by atoms with Gasteiger partial charge in [0.2, 0.25) is 5.91 Å². The highest BCUT2D eigenvalue weighted by Crippen LogP contribution is 2.23. The Morgan fingerprint density at radius 1 is 1.41 bits per heavy atom. The average Bonchev–Trinajstić information content (AvgIpc) is 2.43. The van der Waals surface area contributed by atoms with Gasteiger partial charge in [-0.3, -0.25) is 24.3 Å². The van der Waals surface area contributed by atoms with Gasteiger partial charge in [-0.05, 0) is 33.1 Å². The Kier molecular flexibility index (Phi) is 4.85. The van der Waals surface area contributed by atoms with Crippen molar-refractivity contribution in [1.82, 2.24) is 9.47 Å². The van der Waals surface area contributed by atoms with Gasteiger partial charge in [-0.1, -0.05) is 11.6 Å². The highest BCUT2D eigenvalue weighted by Gasteiger charge is 2.29. The van der Waals surface area contributed by atoms with Gasteiger partial charge in [-0.15, -0.1) is 0 Å². The van der Waals surface area contributed by atoms with Crippen molar-refractivity contribution in [2.75, 3.05) is 0 Å². The molecule has 0 bridgehead atoms. The largest absolute Gasteiger partial charge is 0.336 e. The van der Waals surface area contributed by atoms with E-state index in [2.05, 4.69) is 0 Å². The lowest BCUT2D eigenvalue weighted by molar-refractivity contribution is -0.385. The molecule has 0 aromatic carbocycles. The first kappa shape index (κ1) is 16.5. The van der Waals surface area contributed by atoms with E-state index in [1.54, 1.807) is 4.90 Å². The zero-order valence-corrected chi connectivity index (χ0v) is 13.2. The van der Waals surface area contributed by atoms with Gasteiger partial charge < -0.3 is 4.90 Å². The lowest BCUT2D eigenvalue weighted by Gasteiger charge is -2.39. The molecule has 1 saturated heterocycles. The fourth-order valence-corrected chi connectivity index (χ4v) is 3.16. The molecule has 2 rings (SSSR count). The molecule has 1 aliphatic heterocycles. The maximum Gasteiger partial charge on any atom is 0.287 e. The summed E-state index contributed by atoms with van der Waals surface area (Å²) in [6, 6.07) is 1.19. The molecule has 1 aromatic rings. The first-order valence-electron chi connectivity index (χ1n) is 7.16. The average molecular weight is 328 g/mol. The van der Waals surface area contributed by atoms with Crippen molar-refractivity contribution in [3.8, 4) is 0 Å². The Morgan fingerprint density at radius 2 is 2.00 bits per heavy atom. The number of nitro groups is 1. The molecule has 0 spiro atoms. The number of amides is 1. The fraction of sp³-hybridized carbons (Fsp3) is 0.571. The van der Waals surface area contributed by atoms with E-state index in [0.29, 0.717) is 0 Å². The van der Waals surface area contributed by atoms with Gasteiger partial charge >= 0.3 is 0 Å². The van der Waals surface area contributed by atoms with Crippen LogP contribution in [0.5, 0.6) is 0 Å². The molecule has 7 nitrogen and oxygen atoms in total. The summed E-state index contributed by atoms with van der Waals surface area (Å²) in [5.41, 5.74) is -0.907. The zero-order chi connectivity index (χ0) is 16.4. The van der Waals surface area contributed by atoms with E-state index in [1.165, 1.54) is 0 Å². The van der Waals surface area contributed by atoms with Crippen LogP contribution in [-0.2, 0) is 11.3 Å². The second kappa shape index (κ2) is 6.48. The summed E-state index contributed by atoms with van der Waals surface area (Å²) in [6.45, 7) is 3.70. The third-order valence-electron chi connectivity index (χ3n) is 4.03. The monoisotopic (exact) mass is 327 g/mol. The minimum atomic E-state index is -0.640. The van der Waals surface area contributed by atoms with Crippen molar-refractivity contribution in [2.24, 2.45) is 0 Å². The van der Waals surface area contributed by atoms with E-state index in [0.717, 1.165) is 36.1 Å². The number of aromatic nitrogens is 1. The van der Waals surface area contributed by atoms with Crippen LogP contribution in [0.4, 0.5) is 5.69 Å². The summed E-state index contributed by atoms with van der Waals surface area (Å²) in [7, 11) is 0. The van der Waals surface area contributed by atoms with E-state index in [1.807, 2.05) is 13.8 Å². The number of piperidine rings is 1. The van der Waals surface area contributed by atoms with Crippen LogP contribution in [0.25, 0.3) is 0 Å². The van der Waals surface area contributed by atoms with Gasteiger partial charge in [-0.2, -0.15) is 0 Å². The van der Waals surface area contributed by atoms with Crippen LogP contribution < -0.4 is 5.56 Å². The molecular weight excluding hydrogens is 310 g/mol. The number of hydrogen-bond donors (Lipinski definition) is 0. The molecule has 22 heavy (non-hydrogen) atoms. The van der Waals surface area contributed by atoms with Crippen molar-refractivity contribution in [1.29, 1.82) is 0 Å². The Balaban J connectivity index is 2.28. The van der Waals surface area contributed by atoms with Crippen LogP contribution in [0, 0.1) is 10.1 Å².